The molecule has 152 valence electrons. The lowest BCUT2D eigenvalue weighted by atomic mass is 10.1. The van der Waals surface area contributed by atoms with Gasteiger partial charge in [-0.3, -0.25) is 4.79 Å². The lowest BCUT2D eigenvalue weighted by molar-refractivity contribution is 0.102. The molecule has 0 atom stereocenters. The number of benzene rings is 3. The van der Waals surface area contributed by atoms with Gasteiger partial charge in [-0.1, -0.05) is 19.1 Å². The van der Waals surface area contributed by atoms with Crippen molar-refractivity contribution in [2.45, 2.75) is 27.2 Å². The summed E-state index contributed by atoms with van der Waals surface area (Å²) < 4.78 is 11.5. The molecule has 1 amide bonds. The van der Waals surface area contributed by atoms with Crippen LogP contribution in [0.2, 0.25) is 0 Å². The Balaban J connectivity index is 1.56. The third-order valence-corrected chi connectivity index (χ3v) is 4.87. The minimum Gasteiger partial charge on any atom is -0.494 e. The fourth-order valence-electron chi connectivity index (χ4n) is 3.16. The van der Waals surface area contributed by atoms with Crippen molar-refractivity contribution in [2.24, 2.45) is 0 Å². The molecule has 0 unspecified atom stereocenters. The number of fused-ring (bicyclic) bond motifs is 1. The highest BCUT2D eigenvalue weighted by molar-refractivity contribution is 6.05. The SMILES string of the molecule is CCCOc1ccc(C(=O)Nc2cc(-c3nc4ccc(C)cc4o3)ccc2C)cc1. The number of aryl methyl sites for hydroxylation is 2. The van der Waals surface area contributed by atoms with Crippen LogP contribution in [0, 0.1) is 13.8 Å². The number of carbonyl (C=O) groups is 1. The third-order valence-electron chi connectivity index (χ3n) is 4.87. The number of oxazole rings is 1. The molecule has 1 N–H and O–H groups in total. The normalized spacial score (nSPS) is 10.9. The molecule has 1 aromatic heterocycles. The van der Waals surface area contributed by atoms with Gasteiger partial charge in [0, 0.05) is 16.8 Å². The van der Waals surface area contributed by atoms with Crippen LogP contribution >= 0.6 is 0 Å². The molecule has 0 saturated carbocycles. The molecular weight excluding hydrogens is 376 g/mol. The van der Waals surface area contributed by atoms with E-state index in [1.54, 1.807) is 12.1 Å². The molecule has 0 bridgehead atoms. The molecule has 30 heavy (non-hydrogen) atoms. The minimum absolute atomic E-state index is 0.175. The molecule has 0 spiro atoms. The number of nitrogens with one attached hydrogen (secondary N) is 1. The van der Waals surface area contributed by atoms with Crippen LogP contribution in [0.3, 0.4) is 0 Å². The van der Waals surface area contributed by atoms with Gasteiger partial charge >= 0.3 is 0 Å². The predicted molar refractivity (Wildman–Crippen MR) is 119 cm³/mol. The molecule has 0 aliphatic heterocycles. The summed E-state index contributed by atoms with van der Waals surface area (Å²) in [5.41, 5.74) is 5.75. The second-order valence-corrected chi connectivity index (χ2v) is 7.35. The van der Waals surface area contributed by atoms with Crippen LogP contribution in [0.25, 0.3) is 22.6 Å². The average Bonchev–Trinajstić information content (AvgIpc) is 3.17. The van der Waals surface area contributed by atoms with Gasteiger partial charge in [-0.15, -0.1) is 0 Å². The number of carbonyl (C=O) groups excluding carboxylic acids is 1. The summed E-state index contributed by atoms with van der Waals surface area (Å²) in [4.78, 5) is 17.3. The number of amides is 1. The van der Waals surface area contributed by atoms with Gasteiger partial charge in [0.15, 0.2) is 5.58 Å². The monoisotopic (exact) mass is 400 g/mol. The second kappa shape index (κ2) is 8.41. The molecule has 0 fully saturated rings. The first-order valence-corrected chi connectivity index (χ1v) is 10.1. The maximum absolute atomic E-state index is 12.7. The van der Waals surface area contributed by atoms with Gasteiger partial charge in [-0.25, -0.2) is 4.98 Å². The summed E-state index contributed by atoms with van der Waals surface area (Å²) in [6.45, 7) is 6.69. The first-order chi connectivity index (χ1) is 14.5. The second-order valence-electron chi connectivity index (χ2n) is 7.35. The van der Waals surface area contributed by atoms with Crippen molar-refractivity contribution < 1.29 is 13.9 Å². The van der Waals surface area contributed by atoms with E-state index < -0.39 is 0 Å². The molecule has 0 aliphatic rings. The van der Waals surface area contributed by atoms with Crippen molar-refractivity contribution in [3.8, 4) is 17.2 Å². The summed E-state index contributed by atoms with van der Waals surface area (Å²) in [7, 11) is 0. The van der Waals surface area contributed by atoms with Crippen molar-refractivity contribution >= 4 is 22.7 Å². The third kappa shape index (κ3) is 4.20. The average molecular weight is 400 g/mol. The van der Waals surface area contributed by atoms with Crippen molar-refractivity contribution in [3.05, 3.63) is 77.4 Å². The number of anilines is 1. The van der Waals surface area contributed by atoms with Gasteiger partial charge in [0.05, 0.1) is 6.61 Å². The van der Waals surface area contributed by atoms with Crippen LogP contribution in [-0.2, 0) is 0 Å². The van der Waals surface area contributed by atoms with E-state index in [-0.39, 0.29) is 5.91 Å². The van der Waals surface area contributed by atoms with E-state index in [1.165, 1.54) is 0 Å². The number of nitrogens with zero attached hydrogens (tertiary/aromatic N) is 1. The van der Waals surface area contributed by atoms with E-state index in [9.17, 15) is 4.79 Å². The Morgan fingerprint density at radius 2 is 1.83 bits per heavy atom. The zero-order valence-corrected chi connectivity index (χ0v) is 17.4. The number of aromatic nitrogens is 1. The maximum Gasteiger partial charge on any atom is 0.255 e. The molecule has 5 nitrogen and oxygen atoms in total. The smallest absolute Gasteiger partial charge is 0.255 e. The van der Waals surface area contributed by atoms with Gasteiger partial charge in [0.25, 0.3) is 5.91 Å². The number of ether oxygens (including phenoxy) is 1. The zero-order valence-electron chi connectivity index (χ0n) is 17.4. The zero-order chi connectivity index (χ0) is 21.1. The fourth-order valence-corrected chi connectivity index (χ4v) is 3.16. The van der Waals surface area contributed by atoms with Crippen LogP contribution in [0.5, 0.6) is 5.75 Å². The van der Waals surface area contributed by atoms with Gasteiger partial charge in [0.2, 0.25) is 5.89 Å². The topological polar surface area (TPSA) is 64.4 Å². The van der Waals surface area contributed by atoms with Crippen LogP contribution in [-0.4, -0.2) is 17.5 Å². The quantitative estimate of drug-likeness (QED) is 0.421. The first-order valence-electron chi connectivity index (χ1n) is 10.1. The molecule has 3 aromatic carbocycles. The van der Waals surface area contributed by atoms with Crippen molar-refractivity contribution in [1.82, 2.24) is 4.98 Å². The Kier molecular flexibility index (Phi) is 5.53. The lowest BCUT2D eigenvalue weighted by Crippen LogP contribution is -2.12. The summed E-state index contributed by atoms with van der Waals surface area (Å²) in [6, 6.07) is 18.9. The van der Waals surface area contributed by atoms with Gasteiger partial charge in [0.1, 0.15) is 11.3 Å². The van der Waals surface area contributed by atoms with E-state index in [0.717, 1.165) is 45.6 Å². The highest BCUT2D eigenvalue weighted by Crippen LogP contribution is 2.28. The van der Waals surface area contributed by atoms with Gasteiger partial charge < -0.3 is 14.5 Å². The molecule has 0 saturated heterocycles. The molecular formula is C25H24N2O3. The first kappa shape index (κ1) is 19.7. The lowest BCUT2D eigenvalue weighted by Gasteiger charge is -2.10. The van der Waals surface area contributed by atoms with Crippen molar-refractivity contribution in [2.75, 3.05) is 11.9 Å². The Morgan fingerprint density at radius 1 is 1.03 bits per heavy atom. The van der Waals surface area contributed by atoms with Crippen LogP contribution in [0.15, 0.2) is 65.1 Å². The molecule has 0 radical (unpaired) electrons. The Labute approximate surface area is 175 Å². The summed E-state index contributed by atoms with van der Waals surface area (Å²) in [5.74, 6) is 1.12. The van der Waals surface area contributed by atoms with E-state index in [4.69, 9.17) is 9.15 Å². The van der Waals surface area contributed by atoms with E-state index >= 15 is 0 Å². The highest BCUT2D eigenvalue weighted by atomic mass is 16.5. The minimum atomic E-state index is -0.175. The Morgan fingerprint density at radius 3 is 2.60 bits per heavy atom. The van der Waals surface area contributed by atoms with E-state index in [2.05, 4.69) is 17.2 Å². The Hall–Kier alpha value is -3.60. The van der Waals surface area contributed by atoms with E-state index in [1.807, 2.05) is 62.4 Å². The van der Waals surface area contributed by atoms with Crippen LogP contribution in [0.4, 0.5) is 5.69 Å². The van der Waals surface area contributed by atoms with E-state index in [0.29, 0.717) is 18.1 Å². The van der Waals surface area contributed by atoms with Crippen LogP contribution < -0.4 is 10.1 Å². The van der Waals surface area contributed by atoms with Crippen molar-refractivity contribution in [3.63, 3.8) is 0 Å². The molecule has 5 heteroatoms. The molecule has 1 heterocycles. The van der Waals surface area contributed by atoms with Crippen molar-refractivity contribution in [1.29, 1.82) is 0 Å². The van der Waals surface area contributed by atoms with Crippen LogP contribution in [0.1, 0.15) is 34.8 Å². The Bertz CT molecular complexity index is 1190. The van der Waals surface area contributed by atoms with Gasteiger partial charge in [-0.2, -0.15) is 0 Å². The summed E-state index contributed by atoms with van der Waals surface area (Å²) >= 11 is 0. The summed E-state index contributed by atoms with van der Waals surface area (Å²) in [5, 5.41) is 2.99. The summed E-state index contributed by atoms with van der Waals surface area (Å²) in [6.07, 6.45) is 0.942. The largest absolute Gasteiger partial charge is 0.494 e. The fraction of sp³-hybridized carbons (Fsp3) is 0.200. The highest BCUT2D eigenvalue weighted by Gasteiger charge is 2.13. The standard InChI is InChI=1S/C25H24N2O3/c1-4-13-29-20-10-8-18(9-11-20)24(28)26-22-15-19(7-6-17(22)3)25-27-21-12-5-16(2)14-23(21)30-25/h5-12,14-15H,4,13H2,1-3H3,(H,26,28). The maximum atomic E-state index is 12.7. The number of rotatable bonds is 6. The van der Waals surface area contributed by atoms with Gasteiger partial charge in [-0.05, 0) is 79.9 Å². The molecule has 4 aromatic rings. The molecule has 0 aliphatic carbocycles. The predicted octanol–water partition coefficient (Wildman–Crippen LogP) is 6.15. The number of hydrogen-bond acceptors (Lipinski definition) is 4. The molecule has 4 rings (SSSR count). The number of hydrogen-bond donors (Lipinski definition) is 1.